The Balaban J connectivity index is 1.32. The highest BCUT2D eigenvalue weighted by Gasteiger charge is 2.56. The van der Waals surface area contributed by atoms with Crippen molar-refractivity contribution in [2.24, 2.45) is 5.73 Å². The zero-order valence-corrected chi connectivity index (χ0v) is 17.2. The summed E-state index contributed by atoms with van der Waals surface area (Å²) in [7, 11) is 0. The largest absolute Gasteiger partial charge is 0.368 e. The summed E-state index contributed by atoms with van der Waals surface area (Å²) < 4.78 is 0. The number of hydrogen-bond donors (Lipinski definition) is 1. The van der Waals surface area contributed by atoms with Gasteiger partial charge >= 0.3 is 6.03 Å². The second-order valence-corrected chi connectivity index (χ2v) is 9.50. The summed E-state index contributed by atoms with van der Waals surface area (Å²) in [4.78, 5) is 31.1. The van der Waals surface area contributed by atoms with Crippen molar-refractivity contribution in [3.8, 4) is 0 Å². The number of anilines is 1. The van der Waals surface area contributed by atoms with Crippen LogP contribution in [0.5, 0.6) is 0 Å². The van der Waals surface area contributed by atoms with Gasteiger partial charge in [-0.15, -0.1) is 0 Å². The summed E-state index contributed by atoms with van der Waals surface area (Å²) in [6, 6.07) is 8.49. The molecule has 0 unspecified atom stereocenters. The smallest absolute Gasteiger partial charge is 0.325 e. The summed E-state index contributed by atoms with van der Waals surface area (Å²) in [5.41, 5.74) is 7.48. The van der Waals surface area contributed by atoms with Crippen LogP contribution in [0.25, 0.3) is 0 Å². The number of primary amides is 1. The van der Waals surface area contributed by atoms with Crippen molar-refractivity contribution in [2.45, 2.75) is 62.3 Å². The zero-order valence-electron chi connectivity index (χ0n) is 17.2. The third kappa shape index (κ3) is 2.95. The monoisotopic (exact) mass is 396 g/mol. The lowest BCUT2D eigenvalue weighted by Gasteiger charge is -2.43. The van der Waals surface area contributed by atoms with Gasteiger partial charge in [0, 0.05) is 12.2 Å². The maximum atomic E-state index is 12.9. The van der Waals surface area contributed by atoms with Gasteiger partial charge in [0.25, 0.3) is 0 Å². The van der Waals surface area contributed by atoms with E-state index >= 15 is 0 Å². The van der Waals surface area contributed by atoms with Crippen LogP contribution in [-0.4, -0.2) is 60.0 Å². The number of benzene rings is 1. The van der Waals surface area contributed by atoms with Gasteiger partial charge in [-0.3, -0.25) is 9.69 Å². The number of carbonyl (C=O) groups is 2. The number of carbonyl (C=O) groups excluding carboxylic acids is 2. The molecule has 3 amide bonds. The number of amides is 3. The standard InChI is InChI=1S/C23H32N4O2/c24-20(28)23-11-4-15-27(23)21(29)26(17-23)19-7-5-18(6-8-19)22(9-3-10-22)12-16-25-13-1-2-14-25/h5-8H,1-4,9-17H2,(H2,24,28)/t23-/m1/s1. The van der Waals surface area contributed by atoms with Crippen LogP contribution in [-0.2, 0) is 10.2 Å². The first-order chi connectivity index (χ1) is 14.0. The molecular formula is C23H32N4O2. The van der Waals surface area contributed by atoms with Crippen LogP contribution >= 0.6 is 0 Å². The molecule has 3 aliphatic heterocycles. The Bertz CT molecular complexity index is 798. The maximum absolute atomic E-state index is 12.9. The van der Waals surface area contributed by atoms with E-state index in [1.54, 1.807) is 9.80 Å². The van der Waals surface area contributed by atoms with Crippen LogP contribution in [0.1, 0.15) is 56.9 Å². The lowest BCUT2D eigenvalue weighted by atomic mass is 9.62. The van der Waals surface area contributed by atoms with Crippen molar-refractivity contribution in [1.29, 1.82) is 0 Å². The molecule has 4 aliphatic rings. The van der Waals surface area contributed by atoms with Crippen molar-refractivity contribution in [2.75, 3.05) is 37.6 Å². The van der Waals surface area contributed by atoms with Crippen molar-refractivity contribution in [3.63, 3.8) is 0 Å². The lowest BCUT2D eigenvalue weighted by molar-refractivity contribution is -0.125. The predicted octanol–water partition coefficient (Wildman–Crippen LogP) is 2.85. The van der Waals surface area contributed by atoms with Crippen molar-refractivity contribution in [1.82, 2.24) is 9.80 Å². The molecular weight excluding hydrogens is 364 g/mol. The molecule has 0 radical (unpaired) electrons. The Hall–Kier alpha value is -2.08. The zero-order chi connectivity index (χ0) is 20.1. The highest BCUT2D eigenvalue weighted by atomic mass is 16.2. The fraction of sp³-hybridized carbons (Fsp3) is 0.652. The third-order valence-corrected chi connectivity index (χ3v) is 8.04. The fourth-order valence-electron chi connectivity index (χ4n) is 5.99. The second-order valence-electron chi connectivity index (χ2n) is 9.50. The van der Waals surface area contributed by atoms with E-state index in [0.717, 1.165) is 12.1 Å². The average Bonchev–Trinajstić information content (AvgIpc) is 3.40. The molecule has 3 saturated heterocycles. The van der Waals surface area contributed by atoms with Crippen molar-refractivity contribution < 1.29 is 9.59 Å². The highest BCUT2D eigenvalue weighted by Crippen LogP contribution is 2.47. The molecule has 1 atom stereocenters. The molecule has 5 rings (SSSR count). The average molecular weight is 397 g/mol. The quantitative estimate of drug-likeness (QED) is 0.804. The Kier molecular flexibility index (Phi) is 4.57. The van der Waals surface area contributed by atoms with Gasteiger partial charge in [-0.25, -0.2) is 4.79 Å². The number of nitrogens with zero attached hydrogens (tertiary/aromatic N) is 3. The Morgan fingerprint density at radius 1 is 0.966 bits per heavy atom. The molecule has 3 heterocycles. The van der Waals surface area contributed by atoms with Crippen LogP contribution in [0.4, 0.5) is 10.5 Å². The highest BCUT2D eigenvalue weighted by molar-refractivity contribution is 6.02. The number of urea groups is 1. The minimum Gasteiger partial charge on any atom is -0.368 e. The minimum absolute atomic E-state index is 0.0820. The van der Waals surface area contributed by atoms with E-state index in [-0.39, 0.29) is 11.9 Å². The van der Waals surface area contributed by atoms with Gasteiger partial charge in [-0.1, -0.05) is 18.6 Å². The summed E-state index contributed by atoms with van der Waals surface area (Å²) in [6.45, 7) is 4.70. The van der Waals surface area contributed by atoms with Gasteiger partial charge in [0.1, 0.15) is 5.54 Å². The Morgan fingerprint density at radius 3 is 2.28 bits per heavy atom. The summed E-state index contributed by atoms with van der Waals surface area (Å²) in [6.07, 6.45) is 9.27. The summed E-state index contributed by atoms with van der Waals surface area (Å²) in [5.74, 6) is -0.377. The molecule has 156 valence electrons. The summed E-state index contributed by atoms with van der Waals surface area (Å²) >= 11 is 0. The van der Waals surface area contributed by atoms with E-state index in [1.807, 2.05) is 0 Å². The number of rotatable bonds is 6. The van der Waals surface area contributed by atoms with Crippen LogP contribution in [0.3, 0.4) is 0 Å². The molecule has 1 saturated carbocycles. The van der Waals surface area contributed by atoms with Gasteiger partial charge in [-0.05, 0) is 87.7 Å². The second kappa shape index (κ2) is 7.01. The molecule has 1 aromatic rings. The van der Waals surface area contributed by atoms with Crippen LogP contribution in [0.2, 0.25) is 0 Å². The molecule has 0 bridgehead atoms. The van der Waals surface area contributed by atoms with E-state index in [4.69, 9.17) is 5.73 Å². The van der Waals surface area contributed by atoms with Crippen LogP contribution in [0, 0.1) is 0 Å². The van der Waals surface area contributed by atoms with Gasteiger partial charge in [0.15, 0.2) is 0 Å². The van der Waals surface area contributed by atoms with E-state index in [9.17, 15) is 9.59 Å². The van der Waals surface area contributed by atoms with E-state index in [2.05, 4.69) is 29.2 Å². The van der Waals surface area contributed by atoms with Crippen LogP contribution in [0.15, 0.2) is 24.3 Å². The lowest BCUT2D eigenvalue weighted by Crippen LogP contribution is -2.52. The van der Waals surface area contributed by atoms with Crippen molar-refractivity contribution in [3.05, 3.63) is 29.8 Å². The molecule has 0 spiro atoms. The first kappa shape index (κ1) is 18.9. The number of hydrogen-bond acceptors (Lipinski definition) is 3. The van der Waals surface area contributed by atoms with Crippen LogP contribution < -0.4 is 10.6 Å². The molecule has 29 heavy (non-hydrogen) atoms. The summed E-state index contributed by atoms with van der Waals surface area (Å²) in [5, 5.41) is 0. The SMILES string of the molecule is NC(=O)[C@]12CCCN1C(=O)N(c1ccc(C3(CCN4CCCC4)CCC3)cc1)C2. The van der Waals surface area contributed by atoms with Gasteiger partial charge in [0.05, 0.1) is 6.54 Å². The maximum Gasteiger partial charge on any atom is 0.325 e. The van der Waals surface area contributed by atoms with E-state index < -0.39 is 5.54 Å². The topological polar surface area (TPSA) is 69.9 Å². The Labute approximate surface area is 173 Å². The molecule has 6 nitrogen and oxygen atoms in total. The van der Waals surface area contributed by atoms with Crippen molar-refractivity contribution >= 4 is 17.6 Å². The first-order valence-corrected chi connectivity index (χ1v) is 11.3. The number of fused-ring (bicyclic) bond motifs is 1. The number of nitrogens with two attached hydrogens (primary N) is 1. The number of likely N-dealkylation sites (tertiary alicyclic amines) is 1. The third-order valence-electron chi connectivity index (χ3n) is 8.04. The molecule has 1 aliphatic carbocycles. The van der Waals surface area contributed by atoms with Gasteiger partial charge in [0.2, 0.25) is 5.91 Å². The first-order valence-electron chi connectivity index (χ1n) is 11.3. The van der Waals surface area contributed by atoms with E-state index in [1.165, 1.54) is 63.7 Å². The van der Waals surface area contributed by atoms with Gasteiger partial charge < -0.3 is 15.5 Å². The molecule has 2 N–H and O–H groups in total. The fourth-order valence-corrected chi connectivity index (χ4v) is 5.99. The van der Waals surface area contributed by atoms with Gasteiger partial charge in [-0.2, -0.15) is 0 Å². The molecule has 1 aromatic carbocycles. The Morgan fingerprint density at radius 2 is 1.69 bits per heavy atom. The molecule has 6 heteroatoms. The van der Waals surface area contributed by atoms with E-state index in [0.29, 0.717) is 24.9 Å². The molecule has 0 aromatic heterocycles. The normalized spacial score (nSPS) is 28.6. The predicted molar refractivity (Wildman–Crippen MR) is 113 cm³/mol. The minimum atomic E-state index is -0.819. The molecule has 4 fully saturated rings.